The second-order valence-electron chi connectivity index (χ2n) is 19.6. The normalized spacial score (nSPS) is 12.5. The minimum Gasteiger partial charge on any atom is -0.462 e. The van der Waals surface area contributed by atoms with Crippen LogP contribution in [0.15, 0.2) is 0 Å². The molecule has 2 atom stereocenters. The van der Waals surface area contributed by atoms with Crippen molar-refractivity contribution in [1.82, 2.24) is 0 Å². The number of unbranched alkanes of at least 4 members (excludes halogenated alkanes) is 33. The Labute approximate surface area is 380 Å². The van der Waals surface area contributed by atoms with Gasteiger partial charge in [0.15, 0.2) is 6.10 Å². The van der Waals surface area contributed by atoms with E-state index in [0.29, 0.717) is 19.3 Å². The van der Waals surface area contributed by atoms with Crippen molar-refractivity contribution in [2.24, 2.45) is 11.8 Å². The van der Waals surface area contributed by atoms with E-state index in [-0.39, 0.29) is 31.1 Å². The van der Waals surface area contributed by atoms with E-state index in [1.54, 1.807) is 0 Å². The molecule has 0 aliphatic carbocycles. The van der Waals surface area contributed by atoms with Gasteiger partial charge in [0, 0.05) is 19.3 Å². The van der Waals surface area contributed by atoms with Gasteiger partial charge in [0.25, 0.3) is 0 Å². The summed E-state index contributed by atoms with van der Waals surface area (Å²) in [5.41, 5.74) is 0. The van der Waals surface area contributed by atoms with Crippen LogP contribution in [0.5, 0.6) is 0 Å². The molecular formula is C55H106O6. The molecule has 61 heavy (non-hydrogen) atoms. The minimum absolute atomic E-state index is 0.0643. The van der Waals surface area contributed by atoms with Gasteiger partial charge in [0.2, 0.25) is 0 Å². The van der Waals surface area contributed by atoms with Gasteiger partial charge in [-0.05, 0) is 31.1 Å². The maximum Gasteiger partial charge on any atom is 0.306 e. The molecule has 0 spiro atoms. The Balaban J connectivity index is 4.23. The first-order valence-corrected chi connectivity index (χ1v) is 27.3. The molecule has 0 saturated heterocycles. The highest BCUT2D eigenvalue weighted by Gasteiger charge is 2.19. The van der Waals surface area contributed by atoms with E-state index in [9.17, 15) is 14.4 Å². The predicted octanol–water partition coefficient (Wildman–Crippen LogP) is 17.7. The zero-order chi connectivity index (χ0) is 44.7. The number of esters is 3. The first kappa shape index (κ1) is 59.4. The Bertz CT molecular complexity index is 933. The van der Waals surface area contributed by atoms with Crippen LogP contribution >= 0.6 is 0 Å². The second kappa shape index (κ2) is 47.9. The maximum atomic E-state index is 12.8. The van der Waals surface area contributed by atoms with E-state index in [2.05, 4.69) is 34.6 Å². The van der Waals surface area contributed by atoms with Crippen molar-refractivity contribution >= 4 is 17.9 Å². The van der Waals surface area contributed by atoms with Gasteiger partial charge in [0.1, 0.15) is 13.2 Å². The van der Waals surface area contributed by atoms with E-state index in [4.69, 9.17) is 14.2 Å². The number of hydrogen-bond donors (Lipinski definition) is 0. The summed E-state index contributed by atoms with van der Waals surface area (Å²) < 4.78 is 16.8. The van der Waals surface area contributed by atoms with Crippen molar-refractivity contribution in [2.75, 3.05) is 13.2 Å². The standard InChI is InChI=1S/C55H106O6/c1-6-8-9-10-11-12-13-14-15-16-17-18-19-20-21-25-30-35-40-45-53(56)59-48-52(61-55(58)47-42-37-32-27-28-33-38-43-50(3)4)49-60-54(57)46-41-36-31-26-23-22-24-29-34-39-44-51(5)7-2/h50-52H,6-49H2,1-5H3/t51?,52-/m0/s1. The van der Waals surface area contributed by atoms with E-state index >= 15 is 0 Å². The number of rotatable bonds is 49. The molecule has 0 fully saturated rings. The van der Waals surface area contributed by atoms with Crippen LogP contribution in [0.1, 0.15) is 304 Å². The quantitative estimate of drug-likeness (QED) is 0.0344. The van der Waals surface area contributed by atoms with Crippen molar-refractivity contribution in [3.05, 3.63) is 0 Å². The average Bonchev–Trinajstić information content (AvgIpc) is 3.24. The van der Waals surface area contributed by atoms with Gasteiger partial charge in [-0.15, -0.1) is 0 Å². The Morgan fingerprint density at radius 1 is 0.344 bits per heavy atom. The van der Waals surface area contributed by atoms with Crippen LogP contribution in [0.4, 0.5) is 0 Å². The summed E-state index contributed by atoms with van der Waals surface area (Å²) in [6, 6.07) is 0. The van der Waals surface area contributed by atoms with E-state index in [1.807, 2.05) is 0 Å². The third kappa shape index (κ3) is 47.7. The highest BCUT2D eigenvalue weighted by Crippen LogP contribution is 2.18. The lowest BCUT2D eigenvalue weighted by Crippen LogP contribution is -2.30. The summed E-state index contributed by atoms with van der Waals surface area (Å²) in [6.45, 7) is 11.4. The van der Waals surface area contributed by atoms with Crippen LogP contribution in [0.2, 0.25) is 0 Å². The Morgan fingerprint density at radius 3 is 0.934 bits per heavy atom. The summed E-state index contributed by atoms with van der Waals surface area (Å²) in [6.07, 6.45) is 49.6. The van der Waals surface area contributed by atoms with Crippen LogP contribution in [0.25, 0.3) is 0 Å². The maximum absolute atomic E-state index is 12.8. The lowest BCUT2D eigenvalue weighted by atomic mass is 9.99. The molecule has 0 amide bonds. The van der Waals surface area contributed by atoms with Gasteiger partial charge in [-0.25, -0.2) is 0 Å². The molecule has 0 aromatic rings. The monoisotopic (exact) mass is 863 g/mol. The first-order chi connectivity index (χ1) is 29.8. The number of ether oxygens (including phenoxy) is 3. The van der Waals surface area contributed by atoms with Crippen molar-refractivity contribution in [3.63, 3.8) is 0 Å². The highest BCUT2D eigenvalue weighted by atomic mass is 16.6. The predicted molar refractivity (Wildman–Crippen MR) is 261 cm³/mol. The van der Waals surface area contributed by atoms with Gasteiger partial charge in [-0.1, -0.05) is 266 Å². The molecule has 0 aliphatic heterocycles. The van der Waals surface area contributed by atoms with Crippen molar-refractivity contribution in [1.29, 1.82) is 0 Å². The van der Waals surface area contributed by atoms with E-state index in [1.165, 1.54) is 193 Å². The molecule has 0 bridgehead atoms. The topological polar surface area (TPSA) is 78.9 Å². The minimum atomic E-state index is -0.762. The fourth-order valence-electron chi connectivity index (χ4n) is 8.31. The first-order valence-electron chi connectivity index (χ1n) is 27.3. The third-order valence-electron chi connectivity index (χ3n) is 12.8. The lowest BCUT2D eigenvalue weighted by molar-refractivity contribution is -0.167. The van der Waals surface area contributed by atoms with Crippen LogP contribution in [0, 0.1) is 11.8 Å². The van der Waals surface area contributed by atoms with E-state index < -0.39 is 6.10 Å². The van der Waals surface area contributed by atoms with Gasteiger partial charge < -0.3 is 14.2 Å². The molecule has 0 radical (unpaired) electrons. The highest BCUT2D eigenvalue weighted by molar-refractivity contribution is 5.71. The molecule has 0 aromatic heterocycles. The molecule has 0 heterocycles. The number of carbonyl (C=O) groups is 3. The molecule has 0 saturated carbocycles. The van der Waals surface area contributed by atoms with Crippen molar-refractivity contribution in [3.8, 4) is 0 Å². The Morgan fingerprint density at radius 2 is 0.623 bits per heavy atom. The molecule has 6 heteroatoms. The fraction of sp³-hybridized carbons (Fsp3) is 0.945. The average molecular weight is 863 g/mol. The third-order valence-corrected chi connectivity index (χ3v) is 12.8. The summed E-state index contributed by atoms with van der Waals surface area (Å²) in [7, 11) is 0. The molecule has 362 valence electrons. The second-order valence-corrected chi connectivity index (χ2v) is 19.6. The van der Waals surface area contributed by atoms with Crippen LogP contribution in [-0.2, 0) is 28.6 Å². The zero-order valence-corrected chi connectivity index (χ0v) is 41.8. The summed E-state index contributed by atoms with van der Waals surface area (Å²) in [5, 5.41) is 0. The van der Waals surface area contributed by atoms with Gasteiger partial charge in [0.05, 0.1) is 0 Å². The van der Waals surface area contributed by atoms with Crippen LogP contribution in [0.3, 0.4) is 0 Å². The van der Waals surface area contributed by atoms with Crippen molar-refractivity contribution in [2.45, 2.75) is 310 Å². The van der Waals surface area contributed by atoms with Crippen molar-refractivity contribution < 1.29 is 28.6 Å². The van der Waals surface area contributed by atoms with Crippen LogP contribution < -0.4 is 0 Å². The smallest absolute Gasteiger partial charge is 0.306 e. The molecule has 6 nitrogen and oxygen atoms in total. The lowest BCUT2D eigenvalue weighted by Gasteiger charge is -2.18. The molecule has 0 aromatic carbocycles. The molecule has 1 unspecified atom stereocenters. The fourth-order valence-corrected chi connectivity index (χ4v) is 8.31. The zero-order valence-electron chi connectivity index (χ0n) is 41.8. The summed E-state index contributed by atoms with van der Waals surface area (Å²) >= 11 is 0. The van der Waals surface area contributed by atoms with Gasteiger partial charge >= 0.3 is 17.9 Å². The van der Waals surface area contributed by atoms with Crippen LogP contribution in [-0.4, -0.2) is 37.2 Å². The Hall–Kier alpha value is -1.59. The Kier molecular flexibility index (Phi) is 46.6. The molecule has 0 N–H and O–H groups in total. The SMILES string of the molecule is CCCCCCCCCCCCCCCCCCCCCC(=O)OC[C@@H](COC(=O)CCCCCCCCCCCCC(C)CC)OC(=O)CCCCCCCCCC(C)C. The summed E-state index contributed by atoms with van der Waals surface area (Å²) in [5.74, 6) is 0.798. The van der Waals surface area contributed by atoms with E-state index in [0.717, 1.165) is 69.6 Å². The summed E-state index contributed by atoms with van der Waals surface area (Å²) in [4.78, 5) is 38.0. The number of carbonyl (C=O) groups excluding carboxylic acids is 3. The van der Waals surface area contributed by atoms with Gasteiger partial charge in [-0.2, -0.15) is 0 Å². The molecule has 0 rings (SSSR count). The molecule has 0 aliphatic rings. The largest absolute Gasteiger partial charge is 0.462 e. The molecular weight excluding hydrogens is 757 g/mol. The van der Waals surface area contributed by atoms with Gasteiger partial charge in [-0.3, -0.25) is 14.4 Å². The number of hydrogen-bond acceptors (Lipinski definition) is 6.